The summed E-state index contributed by atoms with van der Waals surface area (Å²) >= 11 is 1.61. The van der Waals surface area contributed by atoms with Gasteiger partial charge in [0, 0.05) is 4.90 Å². The Morgan fingerprint density at radius 3 is 2.58 bits per heavy atom. The van der Waals surface area contributed by atoms with Gasteiger partial charge in [0.25, 0.3) is 0 Å². The molecule has 100 valence electrons. The summed E-state index contributed by atoms with van der Waals surface area (Å²) in [6.07, 6.45) is 0.941. The average molecular weight is 274 g/mol. The molecule has 0 aliphatic rings. The van der Waals surface area contributed by atoms with Gasteiger partial charge in [-0.05, 0) is 37.6 Å². The van der Waals surface area contributed by atoms with E-state index in [1.54, 1.807) is 11.8 Å². The normalized spacial score (nSPS) is 10.4. The molecule has 1 aromatic carbocycles. The first kappa shape index (κ1) is 13.7. The van der Waals surface area contributed by atoms with Gasteiger partial charge >= 0.3 is 0 Å². The molecule has 0 fully saturated rings. The molecule has 0 atom stereocenters. The number of nitrogen functional groups attached to an aromatic ring is 1. The van der Waals surface area contributed by atoms with Crippen LogP contribution >= 0.6 is 11.8 Å². The highest BCUT2D eigenvalue weighted by atomic mass is 32.2. The molecule has 0 aliphatic heterocycles. The quantitative estimate of drug-likeness (QED) is 0.898. The highest BCUT2D eigenvalue weighted by molar-refractivity contribution is 7.99. The lowest BCUT2D eigenvalue weighted by atomic mass is 10.2. The van der Waals surface area contributed by atoms with Crippen molar-refractivity contribution in [1.82, 2.24) is 4.98 Å². The summed E-state index contributed by atoms with van der Waals surface area (Å²) < 4.78 is 5.53. The van der Waals surface area contributed by atoms with Gasteiger partial charge in [-0.15, -0.1) is 0 Å². The van der Waals surface area contributed by atoms with Gasteiger partial charge in [0.1, 0.15) is 5.03 Å². The highest BCUT2D eigenvalue weighted by Gasteiger charge is 2.05. The minimum atomic E-state index is 0.527. The van der Waals surface area contributed by atoms with Crippen LogP contribution in [0.4, 0.5) is 5.69 Å². The molecular weight excluding hydrogens is 256 g/mol. The number of anilines is 1. The molecule has 1 aromatic heterocycles. The topological polar surface area (TPSA) is 48.1 Å². The number of hydrogen-bond acceptors (Lipinski definition) is 4. The predicted molar refractivity (Wildman–Crippen MR) is 79.7 cm³/mol. The maximum atomic E-state index is 5.85. The largest absolute Gasteiger partial charge is 0.476 e. The van der Waals surface area contributed by atoms with Gasteiger partial charge in [0.15, 0.2) is 0 Å². The fourth-order valence-corrected chi connectivity index (χ4v) is 2.31. The molecule has 2 aromatic rings. The molecule has 0 spiro atoms. The van der Waals surface area contributed by atoms with Crippen LogP contribution in [-0.2, 0) is 0 Å². The summed E-state index contributed by atoms with van der Waals surface area (Å²) in [6, 6.07) is 12.1. The first-order chi connectivity index (χ1) is 9.19. The number of ether oxygens (including phenoxy) is 1. The zero-order valence-corrected chi connectivity index (χ0v) is 12.0. The summed E-state index contributed by atoms with van der Waals surface area (Å²) in [4.78, 5) is 5.60. The van der Waals surface area contributed by atoms with Crippen LogP contribution in [0, 0.1) is 6.92 Å². The molecule has 2 rings (SSSR count). The molecule has 0 bridgehead atoms. The van der Waals surface area contributed by atoms with Crippen LogP contribution in [0.25, 0.3) is 0 Å². The third-order valence-electron chi connectivity index (χ3n) is 2.55. The zero-order valence-electron chi connectivity index (χ0n) is 11.2. The zero-order chi connectivity index (χ0) is 13.7. The molecule has 0 unspecified atom stereocenters. The van der Waals surface area contributed by atoms with E-state index < -0.39 is 0 Å². The first-order valence-electron chi connectivity index (χ1n) is 6.33. The van der Waals surface area contributed by atoms with E-state index in [0.29, 0.717) is 18.2 Å². The Balaban J connectivity index is 2.14. The molecule has 0 saturated heterocycles. The number of nitrogens with zero attached hydrogens (tertiary/aromatic N) is 1. The van der Waals surface area contributed by atoms with E-state index in [2.05, 4.69) is 43.1 Å². The lowest BCUT2D eigenvalue weighted by Crippen LogP contribution is -2.01. The smallest absolute Gasteiger partial charge is 0.238 e. The van der Waals surface area contributed by atoms with Crippen molar-refractivity contribution >= 4 is 17.4 Å². The van der Waals surface area contributed by atoms with E-state index >= 15 is 0 Å². The Labute approximate surface area is 118 Å². The molecule has 0 aliphatic carbocycles. The first-order valence-corrected chi connectivity index (χ1v) is 7.14. The van der Waals surface area contributed by atoms with Crippen molar-refractivity contribution in [3.8, 4) is 5.88 Å². The molecule has 3 nitrogen and oxygen atoms in total. The average Bonchev–Trinajstić information content (AvgIpc) is 2.42. The van der Waals surface area contributed by atoms with E-state index in [4.69, 9.17) is 10.5 Å². The molecular formula is C15H18N2OS. The fraction of sp³-hybridized carbons (Fsp3) is 0.267. The standard InChI is InChI=1S/C15H18N2OS/c1-3-10-18-15-13(16)8-9-14(17-15)19-12-6-4-11(2)5-7-12/h4-9H,3,10,16H2,1-2H3. The van der Waals surface area contributed by atoms with E-state index in [-0.39, 0.29) is 0 Å². The summed E-state index contributed by atoms with van der Waals surface area (Å²) in [6.45, 7) is 4.77. The van der Waals surface area contributed by atoms with E-state index in [9.17, 15) is 0 Å². The number of hydrogen-bond donors (Lipinski definition) is 1. The second-order valence-electron chi connectivity index (χ2n) is 4.31. The van der Waals surface area contributed by atoms with Gasteiger partial charge in [-0.1, -0.05) is 36.4 Å². The van der Waals surface area contributed by atoms with Crippen molar-refractivity contribution in [3.05, 3.63) is 42.0 Å². The fourth-order valence-electron chi connectivity index (χ4n) is 1.53. The third-order valence-corrected chi connectivity index (χ3v) is 3.49. The van der Waals surface area contributed by atoms with Gasteiger partial charge in [0.05, 0.1) is 12.3 Å². The Kier molecular flexibility index (Phi) is 4.68. The minimum absolute atomic E-state index is 0.527. The lowest BCUT2D eigenvalue weighted by Gasteiger charge is -2.08. The third kappa shape index (κ3) is 3.89. The predicted octanol–water partition coefficient (Wildman–Crippen LogP) is 3.91. The van der Waals surface area contributed by atoms with Crippen LogP contribution in [0.5, 0.6) is 5.88 Å². The van der Waals surface area contributed by atoms with Crippen molar-refractivity contribution in [3.63, 3.8) is 0 Å². The van der Waals surface area contributed by atoms with Crippen LogP contribution in [0.3, 0.4) is 0 Å². The molecule has 2 N–H and O–H groups in total. The summed E-state index contributed by atoms with van der Waals surface area (Å²) in [5, 5.41) is 0.893. The molecule has 0 radical (unpaired) electrons. The summed E-state index contributed by atoms with van der Waals surface area (Å²) in [5.74, 6) is 0.527. The number of rotatable bonds is 5. The van der Waals surface area contributed by atoms with Gasteiger partial charge in [0.2, 0.25) is 5.88 Å². The van der Waals surface area contributed by atoms with Crippen molar-refractivity contribution in [2.75, 3.05) is 12.3 Å². The van der Waals surface area contributed by atoms with Gasteiger partial charge < -0.3 is 10.5 Å². The van der Waals surface area contributed by atoms with Crippen molar-refractivity contribution in [1.29, 1.82) is 0 Å². The second-order valence-corrected chi connectivity index (χ2v) is 5.40. The highest BCUT2D eigenvalue weighted by Crippen LogP contribution is 2.29. The lowest BCUT2D eigenvalue weighted by molar-refractivity contribution is 0.305. The molecule has 1 heterocycles. The number of aryl methyl sites for hydroxylation is 1. The van der Waals surface area contributed by atoms with Crippen LogP contribution in [0.1, 0.15) is 18.9 Å². The van der Waals surface area contributed by atoms with E-state index in [1.165, 1.54) is 5.56 Å². The Hall–Kier alpha value is -1.68. The maximum absolute atomic E-state index is 5.85. The SMILES string of the molecule is CCCOc1nc(Sc2ccc(C)cc2)ccc1N. The number of aromatic nitrogens is 1. The molecule has 19 heavy (non-hydrogen) atoms. The summed E-state index contributed by atoms with van der Waals surface area (Å²) in [7, 11) is 0. The van der Waals surface area contributed by atoms with Crippen LogP contribution in [0.15, 0.2) is 46.3 Å². The van der Waals surface area contributed by atoms with Gasteiger partial charge in [-0.3, -0.25) is 0 Å². The van der Waals surface area contributed by atoms with Gasteiger partial charge in [-0.25, -0.2) is 4.98 Å². The van der Waals surface area contributed by atoms with Gasteiger partial charge in [-0.2, -0.15) is 0 Å². The van der Waals surface area contributed by atoms with E-state index in [1.807, 2.05) is 12.1 Å². The van der Waals surface area contributed by atoms with Crippen molar-refractivity contribution in [2.24, 2.45) is 0 Å². The molecule has 0 saturated carbocycles. The van der Waals surface area contributed by atoms with Crippen molar-refractivity contribution < 1.29 is 4.74 Å². The van der Waals surface area contributed by atoms with Crippen LogP contribution in [0.2, 0.25) is 0 Å². The molecule has 0 amide bonds. The van der Waals surface area contributed by atoms with Crippen LogP contribution in [-0.4, -0.2) is 11.6 Å². The number of benzene rings is 1. The Bertz CT molecular complexity index is 540. The number of nitrogens with two attached hydrogens (primary N) is 1. The van der Waals surface area contributed by atoms with E-state index in [0.717, 1.165) is 16.3 Å². The molecule has 4 heteroatoms. The van der Waals surface area contributed by atoms with Crippen molar-refractivity contribution in [2.45, 2.75) is 30.2 Å². The Morgan fingerprint density at radius 1 is 1.16 bits per heavy atom. The summed E-state index contributed by atoms with van der Waals surface area (Å²) in [5.41, 5.74) is 7.68. The monoisotopic (exact) mass is 274 g/mol. The maximum Gasteiger partial charge on any atom is 0.238 e. The Morgan fingerprint density at radius 2 is 1.89 bits per heavy atom. The number of pyridine rings is 1. The van der Waals surface area contributed by atoms with Crippen LogP contribution < -0.4 is 10.5 Å². The second kappa shape index (κ2) is 6.48. The minimum Gasteiger partial charge on any atom is -0.476 e.